The number of hydrogen-bond donors (Lipinski definition) is 1. The highest BCUT2D eigenvalue weighted by Gasteiger charge is 2.30. The summed E-state index contributed by atoms with van der Waals surface area (Å²) in [5, 5.41) is 4.28. The van der Waals surface area contributed by atoms with Gasteiger partial charge in [0, 0.05) is 40.3 Å². The Morgan fingerprint density at radius 2 is 1.89 bits per heavy atom. The van der Waals surface area contributed by atoms with E-state index in [9.17, 15) is 13.2 Å². The van der Waals surface area contributed by atoms with Crippen molar-refractivity contribution in [2.24, 2.45) is 7.05 Å². The molecular formula is C23H33N7O5S. The zero-order valence-electron chi connectivity index (χ0n) is 21.3. The second-order valence-electron chi connectivity index (χ2n) is 8.78. The lowest BCUT2D eigenvalue weighted by Crippen LogP contribution is -2.48. The molecule has 0 aromatic carbocycles. The van der Waals surface area contributed by atoms with Crippen LogP contribution >= 0.6 is 0 Å². The van der Waals surface area contributed by atoms with Crippen molar-refractivity contribution < 1.29 is 17.9 Å². The maximum absolute atomic E-state index is 13.5. The summed E-state index contributed by atoms with van der Waals surface area (Å²) in [4.78, 5) is 26.9. The smallest absolute Gasteiger partial charge is 0.279 e. The second kappa shape index (κ2) is 10.6. The summed E-state index contributed by atoms with van der Waals surface area (Å²) in [6, 6.07) is 1.47. The summed E-state index contributed by atoms with van der Waals surface area (Å²) >= 11 is 0. The number of H-pyrrole nitrogens is 1. The molecule has 0 unspecified atom stereocenters. The van der Waals surface area contributed by atoms with Crippen LogP contribution in [-0.2, 0) is 28.2 Å². The van der Waals surface area contributed by atoms with Gasteiger partial charge in [0.25, 0.3) is 5.56 Å². The van der Waals surface area contributed by atoms with E-state index in [1.165, 1.54) is 16.6 Å². The van der Waals surface area contributed by atoms with Crippen LogP contribution in [0.15, 0.2) is 22.0 Å². The van der Waals surface area contributed by atoms with Crippen molar-refractivity contribution in [1.29, 1.82) is 0 Å². The summed E-state index contributed by atoms with van der Waals surface area (Å²) in [5.41, 5.74) is 1.32. The lowest BCUT2D eigenvalue weighted by molar-refractivity contribution is 0.0893. The monoisotopic (exact) mass is 519 g/mol. The number of fused-ring (bicyclic) bond motifs is 1. The van der Waals surface area contributed by atoms with Gasteiger partial charge < -0.3 is 19.4 Å². The topological polar surface area (TPSA) is 136 Å². The number of sulfonamides is 1. The van der Waals surface area contributed by atoms with Gasteiger partial charge in [0.2, 0.25) is 15.9 Å². The Bertz CT molecular complexity index is 1390. The van der Waals surface area contributed by atoms with Crippen LogP contribution in [0.1, 0.15) is 26.5 Å². The number of pyridine rings is 1. The Hall–Kier alpha value is -2.87. The third-order valence-corrected chi connectivity index (χ3v) is 8.22. The van der Waals surface area contributed by atoms with Gasteiger partial charge >= 0.3 is 0 Å². The second-order valence-corrected chi connectivity index (χ2v) is 10.7. The highest BCUT2D eigenvalue weighted by atomic mass is 32.2. The number of methoxy groups -OCH3 is 1. The summed E-state index contributed by atoms with van der Waals surface area (Å²) < 4.78 is 41.2. The maximum atomic E-state index is 13.5. The molecule has 3 aromatic rings. The zero-order chi connectivity index (χ0) is 26.0. The first-order valence-corrected chi connectivity index (χ1v) is 13.5. The Labute approximate surface area is 210 Å². The van der Waals surface area contributed by atoms with Crippen molar-refractivity contribution in [2.75, 3.05) is 46.4 Å². The number of hydrogen-bond acceptors (Lipinski definition) is 9. The van der Waals surface area contributed by atoms with Crippen LogP contribution in [0.4, 0.5) is 0 Å². The summed E-state index contributed by atoms with van der Waals surface area (Å²) in [6.07, 6.45) is 1.54. The molecule has 0 bridgehead atoms. The van der Waals surface area contributed by atoms with Gasteiger partial charge in [-0.3, -0.25) is 9.48 Å². The Kier molecular flexibility index (Phi) is 7.73. The molecule has 0 amide bonds. The maximum Gasteiger partial charge on any atom is 0.279 e. The molecule has 4 heterocycles. The molecule has 196 valence electrons. The van der Waals surface area contributed by atoms with E-state index in [1.807, 2.05) is 13.8 Å². The quantitative estimate of drug-likeness (QED) is 0.439. The molecule has 1 aliphatic rings. The molecule has 4 rings (SSSR count). The average Bonchev–Trinajstić information content (AvgIpc) is 3.19. The molecule has 3 aromatic heterocycles. The van der Waals surface area contributed by atoms with Crippen LogP contribution in [0.5, 0.6) is 5.88 Å². The van der Waals surface area contributed by atoms with E-state index in [2.05, 4.69) is 31.9 Å². The zero-order valence-corrected chi connectivity index (χ0v) is 22.1. The number of nitrogens with one attached hydrogen (secondary N) is 1. The minimum Gasteiger partial charge on any atom is -0.472 e. The van der Waals surface area contributed by atoms with E-state index in [-0.39, 0.29) is 33.8 Å². The number of nitrogens with zero attached hydrogens (tertiary/aromatic N) is 6. The molecular weight excluding hydrogens is 486 g/mol. The molecule has 1 atom stereocenters. The molecule has 0 saturated carbocycles. The van der Waals surface area contributed by atoms with Gasteiger partial charge in [-0.25, -0.2) is 18.4 Å². The fraction of sp³-hybridized carbons (Fsp3) is 0.565. The molecule has 12 nitrogen and oxygen atoms in total. The van der Waals surface area contributed by atoms with E-state index in [0.29, 0.717) is 44.7 Å². The minimum atomic E-state index is -3.81. The van der Waals surface area contributed by atoms with E-state index in [1.54, 1.807) is 18.8 Å². The standard InChI is InChI=1S/C23H33N7O5S/c1-6-18-19-20(27-28(18)4)22(31)26-21(25-19)17-12-16(13-24-23(17)35-15(3)14-34-5)36(32,33)30-10-8-29(7-2)9-11-30/h12-13,15H,6-11,14H2,1-5H3,(H,25,26,31)/t15-/m0/s1. The first-order chi connectivity index (χ1) is 17.2. The number of piperazine rings is 1. The fourth-order valence-corrected chi connectivity index (χ4v) is 5.78. The van der Waals surface area contributed by atoms with Crippen LogP contribution in [0, 0.1) is 0 Å². The molecule has 13 heteroatoms. The lowest BCUT2D eigenvalue weighted by atomic mass is 10.2. The van der Waals surface area contributed by atoms with Crippen molar-refractivity contribution in [3.63, 3.8) is 0 Å². The van der Waals surface area contributed by atoms with Gasteiger partial charge in [0.05, 0.1) is 24.1 Å². The summed E-state index contributed by atoms with van der Waals surface area (Å²) in [5.74, 6) is 0.314. The molecule has 1 aliphatic heterocycles. The molecule has 1 saturated heterocycles. The van der Waals surface area contributed by atoms with Gasteiger partial charge in [0.1, 0.15) is 22.3 Å². The molecule has 1 fully saturated rings. The van der Waals surface area contributed by atoms with Crippen LogP contribution < -0.4 is 10.3 Å². The van der Waals surface area contributed by atoms with Crippen molar-refractivity contribution in [2.45, 2.75) is 38.2 Å². The Balaban J connectivity index is 1.83. The molecule has 0 spiro atoms. The van der Waals surface area contributed by atoms with Crippen LogP contribution in [0.2, 0.25) is 0 Å². The predicted molar refractivity (Wildman–Crippen MR) is 135 cm³/mol. The molecule has 36 heavy (non-hydrogen) atoms. The summed E-state index contributed by atoms with van der Waals surface area (Å²) in [7, 11) is -0.496. The first kappa shape index (κ1) is 26.2. The predicted octanol–water partition coefficient (Wildman–Crippen LogP) is 1.02. The van der Waals surface area contributed by atoms with Crippen molar-refractivity contribution in [3.8, 4) is 17.3 Å². The van der Waals surface area contributed by atoms with E-state index < -0.39 is 15.6 Å². The third-order valence-electron chi connectivity index (χ3n) is 6.36. The van der Waals surface area contributed by atoms with Crippen LogP contribution in [-0.4, -0.2) is 94.9 Å². The highest BCUT2D eigenvalue weighted by Crippen LogP contribution is 2.31. The molecule has 0 aliphatic carbocycles. The van der Waals surface area contributed by atoms with Gasteiger partial charge in [0.15, 0.2) is 5.52 Å². The van der Waals surface area contributed by atoms with Crippen LogP contribution in [0.25, 0.3) is 22.4 Å². The largest absolute Gasteiger partial charge is 0.472 e. The number of aryl methyl sites for hydroxylation is 2. The fourth-order valence-electron chi connectivity index (χ4n) is 4.38. The Morgan fingerprint density at radius 3 is 2.53 bits per heavy atom. The number of rotatable bonds is 9. The first-order valence-electron chi connectivity index (χ1n) is 12.0. The van der Waals surface area contributed by atoms with Crippen molar-refractivity contribution >= 4 is 21.1 Å². The van der Waals surface area contributed by atoms with E-state index in [4.69, 9.17) is 9.47 Å². The summed E-state index contributed by atoms with van der Waals surface area (Å²) in [6.45, 7) is 9.11. The number of likely N-dealkylation sites (N-methyl/N-ethyl adjacent to an activating group) is 1. The Morgan fingerprint density at radius 1 is 1.17 bits per heavy atom. The number of aromatic nitrogens is 5. The lowest BCUT2D eigenvalue weighted by Gasteiger charge is -2.33. The van der Waals surface area contributed by atoms with Gasteiger partial charge in [-0.1, -0.05) is 13.8 Å². The van der Waals surface area contributed by atoms with Gasteiger partial charge in [-0.2, -0.15) is 9.40 Å². The molecule has 1 N–H and O–H groups in total. The number of ether oxygens (including phenoxy) is 2. The minimum absolute atomic E-state index is 0.0128. The van der Waals surface area contributed by atoms with Gasteiger partial charge in [-0.05, 0) is 26.0 Å². The normalized spacial score (nSPS) is 16.5. The van der Waals surface area contributed by atoms with Crippen LogP contribution in [0.3, 0.4) is 0 Å². The van der Waals surface area contributed by atoms with Crippen molar-refractivity contribution in [1.82, 2.24) is 33.9 Å². The van der Waals surface area contributed by atoms with E-state index >= 15 is 0 Å². The molecule has 0 radical (unpaired) electrons. The van der Waals surface area contributed by atoms with E-state index in [0.717, 1.165) is 12.2 Å². The number of aromatic amines is 1. The highest BCUT2D eigenvalue weighted by molar-refractivity contribution is 7.89. The SMILES string of the molecule is CCc1c2nc(-c3cc(S(=O)(=O)N4CCN(CC)CC4)cnc3O[C@@H](C)COC)[nH]c(=O)c2nn1C. The average molecular weight is 520 g/mol. The van der Waals surface area contributed by atoms with Crippen molar-refractivity contribution in [3.05, 3.63) is 28.3 Å². The third kappa shape index (κ3) is 5.01. The van der Waals surface area contributed by atoms with Gasteiger partial charge in [-0.15, -0.1) is 0 Å².